The molecule has 0 aromatic heterocycles. The average Bonchev–Trinajstić information content (AvgIpc) is 3.17. The summed E-state index contributed by atoms with van der Waals surface area (Å²) in [6, 6.07) is -2.04. The number of benzene rings is 1. The van der Waals surface area contributed by atoms with Crippen molar-refractivity contribution in [2.75, 3.05) is 19.7 Å². The Morgan fingerprint density at radius 1 is 0.638 bits per heavy atom. The molecule has 20 heteroatoms. The molecule has 0 aliphatic rings. The molecule has 0 saturated heterocycles. The molecule has 0 aliphatic carbocycles. The van der Waals surface area contributed by atoms with Gasteiger partial charge in [0, 0.05) is 6.42 Å². The molecule has 0 aliphatic heterocycles. The molecular formula is C38H62N8O12. The molecule has 0 spiro atoms. The minimum atomic E-state index is -1.63. The number of rotatable bonds is 25. The minimum absolute atomic E-state index is 0.0530. The Hall–Kier alpha value is -5.34. The Kier molecular flexibility index (Phi) is 21.9. The highest BCUT2D eigenvalue weighted by molar-refractivity contribution is 5.96. The van der Waals surface area contributed by atoms with Gasteiger partial charge in [-0.3, -0.25) is 33.6 Å². The number of carboxylic acid groups (broad SMARTS) is 1. The molecular weight excluding hydrogens is 760 g/mol. The molecule has 7 amide bonds. The van der Waals surface area contributed by atoms with Gasteiger partial charge in [0.15, 0.2) is 0 Å². The number of nitrogens with one attached hydrogen (secondary N) is 7. The van der Waals surface area contributed by atoms with E-state index in [1.807, 2.05) is 0 Å². The van der Waals surface area contributed by atoms with Crippen LogP contribution in [0.2, 0.25) is 0 Å². The topological polar surface area (TPSA) is 328 Å². The highest BCUT2D eigenvalue weighted by atomic mass is 16.4. The van der Waals surface area contributed by atoms with Gasteiger partial charge in [0.25, 0.3) is 0 Å². The first kappa shape index (κ1) is 50.7. The molecule has 20 nitrogen and oxygen atoms in total. The normalized spacial score (nSPS) is 15.8. The van der Waals surface area contributed by atoms with Gasteiger partial charge in [-0.2, -0.15) is 0 Å². The van der Waals surface area contributed by atoms with E-state index in [0.29, 0.717) is 18.4 Å². The molecule has 0 radical (unpaired) electrons. The highest BCUT2D eigenvalue weighted by Gasteiger charge is 2.34. The van der Waals surface area contributed by atoms with Gasteiger partial charge < -0.3 is 63.4 Å². The van der Waals surface area contributed by atoms with Crippen LogP contribution in [-0.2, 0) is 44.8 Å². The fourth-order valence-electron chi connectivity index (χ4n) is 5.44. The average molecular weight is 823 g/mol. The van der Waals surface area contributed by atoms with Crippen molar-refractivity contribution in [1.82, 2.24) is 37.2 Å². The first-order valence-electron chi connectivity index (χ1n) is 19.3. The van der Waals surface area contributed by atoms with E-state index in [0.717, 1.165) is 0 Å². The monoisotopic (exact) mass is 822 g/mol. The first-order valence-corrected chi connectivity index (χ1v) is 19.3. The summed E-state index contributed by atoms with van der Waals surface area (Å²) in [4.78, 5) is 103. The van der Waals surface area contributed by atoms with E-state index >= 15 is 0 Å². The van der Waals surface area contributed by atoms with Gasteiger partial charge in [0.1, 0.15) is 42.0 Å². The van der Waals surface area contributed by atoms with E-state index in [1.165, 1.54) is 31.2 Å². The van der Waals surface area contributed by atoms with Crippen molar-refractivity contribution in [2.45, 2.75) is 117 Å². The van der Waals surface area contributed by atoms with Crippen molar-refractivity contribution in [3.63, 3.8) is 0 Å². The zero-order chi connectivity index (χ0) is 44.3. The maximum absolute atomic E-state index is 13.4. The predicted octanol–water partition coefficient (Wildman–Crippen LogP) is -2.49. The van der Waals surface area contributed by atoms with Crippen LogP contribution in [0, 0.1) is 17.8 Å². The molecule has 58 heavy (non-hydrogen) atoms. The zero-order valence-electron chi connectivity index (χ0n) is 34.2. The summed E-state index contributed by atoms with van der Waals surface area (Å²) in [5.74, 6) is -7.96. The second-order valence-electron chi connectivity index (χ2n) is 14.8. The molecule has 0 saturated carbocycles. The standard InChI is InChI=1S/C38H62N8O12/c1-8-20(5)30(46-36(55)31(21(6)9-2)45-33(52)25(39)18-47)35(54)41-16-28(50)40-17-29(51)44-32(22(7)48)37(56)42-26(15-23-10-12-24(49)13-11-23)34(53)43-27(38(57)58)14-19(3)4/h10-13,19-22,25-27,30-32,47-49H,8-9,14-18,39H2,1-7H3,(H,40,50)(H,41,54)(H,42,56)(H,43,53)(H,44,51)(H,45,52)(H,46,55)(H,57,58)/t20-,21-,22+,25-,26-,27-,30-,31-,32-/m0/s1. The second-order valence-corrected chi connectivity index (χ2v) is 14.8. The van der Waals surface area contributed by atoms with Crippen LogP contribution in [0.5, 0.6) is 5.75 Å². The maximum Gasteiger partial charge on any atom is 0.326 e. The van der Waals surface area contributed by atoms with Crippen LogP contribution >= 0.6 is 0 Å². The first-order chi connectivity index (χ1) is 27.1. The maximum atomic E-state index is 13.4. The lowest BCUT2D eigenvalue weighted by atomic mass is 9.94. The molecule has 1 aromatic rings. The van der Waals surface area contributed by atoms with E-state index in [4.69, 9.17) is 5.73 Å². The Morgan fingerprint density at radius 3 is 1.64 bits per heavy atom. The summed E-state index contributed by atoms with van der Waals surface area (Å²) >= 11 is 0. The lowest BCUT2D eigenvalue weighted by Crippen LogP contribution is -2.60. The number of carbonyl (C=O) groups is 8. The third kappa shape index (κ3) is 17.4. The number of aliphatic carboxylic acids is 1. The minimum Gasteiger partial charge on any atom is -0.508 e. The smallest absolute Gasteiger partial charge is 0.326 e. The summed E-state index contributed by atoms with van der Waals surface area (Å²) in [6.07, 6.45) is -0.627. The second kappa shape index (κ2) is 25.1. The Morgan fingerprint density at radius 2 is 1.14 bits per heavy atom. The van der Waals surface area contributed by atoms with Gasteiger partial charge in [-0.25, -0.2) is 4.79 Å². The van der Waals surface area contributed by atoms with Crippen molar-refractivity contribution < 1.29 is 58.8 Å². The molecule has 0 fully saturated rings. The summed E-state index contributed by atoms with van der Waals surface area (Å²) in [5, 5.41) is 55.9. The molecule has 1 rings (SSSR count). The molecule has 0 unspecified atom stereocenters. The number of carbonyl (C=O) groups excluding carboxylic acids is 7. The van der Waals surface area contributed by atoms with Gasteiger partial charge >= 0.3 is 5.97 Å². The predicted molar refractivity (Wildman–Crippen MR) is 210 cm³/mol. The SMILES string of the molecule is CC[C@H](C)[C@H](NC(=O)[C@@H](NC(=O)[C@@H](N)CO)[C@@H](C)CC)C(=O)NCC(=O)NCC(=O)N[C@H](C(=O)N[C@@H](Cc1ccc(O)cc1)C(=O)N[C@@H](CC(C)C)C(=O)O)[C@@H](C)O. The van der Waals surface area contributed by atoms with Crippen molar-refractivity contribution in [2.24, 2.45) is 23.5 Å². The number of carboxylic acids is 1. The lowest BCUT2D eigenvalue weighted by Gasteiger charge is -2.29. The van der Waals surface area contributed by atoms with E-state index < -0.39 is 115 Å². The van der Waals surface area contributed by atoms with Crippen LogP contribution in [0.1, 0.15) is 73.3 Å². The van der Waals surface area contributed by atoms with Gasteiger partial charge in [0.2, 0.25) is 41.4 Å². The van der Waals surface area contributed by atoms with Gasteiger partial charge in [-0.1, -0.05) is 66.5 Å². The third-order valence-corrected chi connectivity index (χ3v) is 9.40. The zero-order valence-corrected chi connectivity index (χ0v) is 34.2. The third-order valence-electron chi connectivity index (χ3n) is 9.40. The number of phenolic OH excluding ortho intramolecular Hbond substituents is 1. The van der Waals surface area contributed by atoms with E-state index in [2.05, 4.69) is 37.2 Å². The Balaban J connectivity index is 2.97. The van der Waals surface area contributed by atoms with Gasteiger partial charge in [-0.05, 0) is 48.8 Å². The van der Waals surface area contributed by atoms with Crippen LogP contribution in [0.3, 0.4) is 0 Å². The Bertz CT molecular complexity index is 1560. The van der Waals surface area contributed by atoms with Crippen molar-refractivity contribution >= 4 is 47.3 Å². The lowest BCUT2D eigenvalue weighted by molar-refractivity contribution is -0.143. The van der Waals surface area contributed by atoms with E-state index in [-0.39, 0.29) is 30.4 Å². The molecule has 0 heterocycles. The highest BCUT2D eigenvalue weighted by Crippen LogP contribution is 2.14. The number of aliphatic hydroxyl groups excluding tert-OH is 2. The summed E-state index contributed by atoms with van der Waals surface area (Å²) in [5.41, 5.74) is 6.08. The van der Waals surface area contributed by atoms with E-state index in [1.54, 1.807) is 41.5 Å². The fourth-order valence-corrected chi connectivity index (χ4v) is 5.44. The van der Waals surface area contributed by atoms with Gasteiger partial charge in [-0.15, -0.1) is 0 Å². The van der Waals surface area contributed by atoms with Crippen LogP contribution in [-0.4, -0.2) is 130 Å². The fraction of sp³-hybridized carbons (Fsp3) is 0.632. The van der Waals surface area contributed by atoms with Crippen LogP contribution in [0.15, 0.2) is 24.3 Å². The quantitative estimate of drug-likeness (QED) is 0.0487. The molecule has 326 valence electrons. The molecule has 9 atom stereocenters. The van der Waals surface area contributed by atoms with Gasteiger partial charge in [0.05, 0.1) is 25.8 Å². The van der Waals surface area contributed by atoms with Crippen molar-refractivity contribution in [1.29, 1.82) is 0 Å². The molecule has 1 aromatic carbocycles. The number of phenols is 1. The van der Waals surface area contributed by atoms with E-state index in [9.17, 15) is 58.8 Å². The summed E-state index contributed by atoms with van der Waals surface area (Å²) < 4.78 is 0. The number of aliphatic hydroxyl groups is 2. The van der Waals surface area contributed by atoms with Crippen LogP contribution in [0.4, 0.5) is 0 Å². The number of aromatic hydroxyl groups is 1. The number of hydrogen-bond donors (Lipinski definition) is 12. The van der Waals surface area contributed by atoms with Crippen molar-refractivity contribution in [3.05, 3.63) is 29.8 Å². The Labute approximate surface area is 338 Å². The largest absolute Gasteiger partial charge is 0.508 e. The number of hydrogen-bond acceptors (Lipinski definition) is 12. The molecule has 0 bridgehead atoms. The van der Waals surface area contributed by atoms with Crippen LogP contribution < -0.4 is 43.0 Å². The van der Waals surface area contributed by atoms with Crippen LogP contribution in [0.25, 0.3) is 0 Å². The summed E-state index contributed by atoms with van der Waals surface area (Å²) in [7, 11) is 0. The number of nitrogens with two attached hydrogens (primary N) is 1. The number of amides is 7. The van der Waals surface area contributed by atoms with Crippen molar-refractivity contribution in [3.8, 4) is 5.75 Å². The summed E-state index contributed by atoms with van der Waals surface area (Å²) in [6.45, 7) is 9.78. The molecule has 13 N–H and O–H groups in total.